The van der Waals surface area contributed by atoms with Crippen LogP contribution in [-0.2, 0) is 14.4 Å². The summed E-state index contributed by atoms with van der Waals surface area (Å²) in [5.41, 5.74) is 0. The number of nitrogens with one attached hydrogen (secondary N) is 1. The van der Waals surface area contributed by atoms with Crippen molar-refractivity contribution in [3.8, 4) is 0 Å². The van der Waals surface area contributed by atoms with E-state index in [0.29, 0.717) is 39.5 Å². The summed E-state index contributed by atoms with van der Waals surface area (Å²) in [5.74, 6) is -2.90. The number of carbonyl (C=O) groups is 3. The minimum Gasteiger partial charge on any atom is -0.480 e. The van der Waals surface area contributed by atoms with Gasteiger partial charge in [0.25, 0.3) is 0 Å². The molecule has 22 heavy (non-hydrogen) atoms. The van der Waals surface area contributed by atoms with Gasteiger partial charge in [-0.1, -0.05) is 0 Å². The van der Waals surface area contributed by atoms with Gasteiger partial charge in [0.1, 0.15) is 0 Å². The molecule has 0 aromatic heterocycles. The van der Waals surface area contributed by atoms with Crippen molar-refractivity contribution in [1.29, 1.82) is 0 Å². The molecule has 1 rings (SSSR count). The summed E-state index contributed by atoms with van der Waals surface area (Å²) >= 11 is 0. The number of carboxylic acids is 3. The third-order valence-electron chi connectivity index (χ3n) is 3.21. The highest BCUT2D eigenvalue weighted by molar-refractivity contribution is 5.69. The van der Waals surface area contributed by atoms with E-state index in [1.807, 2.05) is 0 Å². The molecule has 0 saturated carbocycles. The highest BCUT2D eigenvalue weighted by atomic mass is 16.4. The first kappa shape index (κ1) is 18.3. The summed E-state index contributed by atoms with van der Waals surface area (Å²) in [6, 6.07) is 0. The molecule has 1 fully saturated rings. The molecule has 1 heterocycles. The number of nitrogens with zero attached hydrogens (tertiary/aromatic N) is 3. The Labute approximate surface area is 127 Å². The van der Waals surface area contributed by atoms with E-state index in [2.05, 4.69) is 5.32 Å². The van der Waals surface area contributed by atoms with Gasteiger partial charge in [-0.2, -0.15) is 0 Å². The lowest BCUT2D eigenvalue weighted by atomic mass is 10.3. The molecule has 0 aliphatic carbocycles. The molecular formula is C12H22N4O6. The Morgan fingerprint density at radius 2 is 1.00 bits per heavy atom. The van der Waals surface area contributed by atoms with Gasteiger partial charge in [-0.25, -0.2) is 0 Å². The molecule has 0 unspecified atom stereocenters. The molecule has 10 nitrogen and oxygen atoms in total. The smallest absolute Gasteiger partial charge is 0.317 e. The highest BCUT2D eigenvalue weighted by Crippen LogP contribution is 1.97. The Bertz CT molecular complexity index is 377. The molecule has 0 spiro atoms. The Morgan fingerprint density at radius 1 is 0.682 bits per heavy atom. The summed E-state index contributed by atoms with van der Waals surface area (Å²) < 4.78 is 0. The number of hydrogen-bond acceptors (Lipinski definition) is 7. The second kappa shape index (κ2) is 9.30. The fourth-order valence-corrected chi connectivity index (χ4v) is 2.20. The summed E-state index contributed by atoms with van der Waals surface area (Å²) in [6.45, 7) is 1.77. The van der Waals surface area contributed by atoms with Crippen LogP contribution in [0.4, 0.5) is 0 Å². The SMILES string of the molecule is O=C(O)CN1CCN(CC(=O)O)CNCN(CC(=O)O)CC1. The first-order chi connectivity index (χ1) is 10.4. The zero-order chi connectivity index (χ0) is 16.5. The van der Waals surface area contributed by atoms with Crippen LogP contribution in [0.1, 0.15) is 0 Å². The highest BCUT2D eigenvalue weighted by Gasteiger charge is 2.18. The molecule has 1 saturated heterocycles. The molecule has 0 amide bonds. The fourth-order valence-electron chi connectivity index (χ4n) is 2.20. The van der Waals surface area contributed by atoms with Gasteiger partial charge >= 0.3 is 17.9 Å². The standard InChI is InChI=1S/C12H22N4O6/c17-10(18)5-14-1-3-15(6-11(19)20)8-13-9-16(4-2-14)7-12(21)22/h13H,1-9H2,(H,17,18)(H,19,20)(H,21,22). The minimum atomic E-state index is -0.968. The predicted octanol–water partition coefficient (Wildman–Crippen LogP) is -2.34. The summed E-state index contributed by atoms with van der Waals surface area (Å²) in [6.07, 6.45) is 0. The third kappa shape index (κ3) is 7.88. The monoisotopic (exact) mass is 318 g/mol. The number of rotatable bonds is 6. The van der Waals surface area contributed by atoms with E-state index in [1.165, 1.54) is 0 Å². The lowest BCUT2D eigenvalue weighted by Crippen LogP contribution is -2.50. The molecule has 126 valence electrons. The molecule has 0 aromatic carbocycles. The van der Waals surface area contributed by atoms with Crippen molar-refractivity contribution in [2.75, 3.05) is 59.2 Å². The van der Waals surface area contributed by atoms with Crippen LogP contribution in [0.5, 0.6) is 0 Å². The number of aliphatic carboxylic acids is 3. The van der Waals surface area contributed by atoms with Crippen molar-refractivity contribution >= 4 is 17.9 Å². The van der Waals surface area contributed by atoms with Gasteiger partial charge in [0.15, 0.2) is 0 Å². The zero-order valence-electron chi connectivity index (χ0n) is 12.3. The summed E-state index contributed by atoms with van der Waals surface area (Å²) in [7, 11) is 0. The van der Waals surface area contributed by atoms with Crippen LogP contribution in [0.25, 0.3) is 0 Å². The average molecular weight is 318 g/mol. The lowest BCUT2D eigenvalue weighted by molar-refractivity contribution is -0.141. The quantitative estimate of drug-likeness (QED) is 0.422. The van der Waals surface area contributed by atoms with Crippen molar-refractivity contribution < 1.29 is 29.7 Å². The van der Waals surface area contributed by atoms with Crippen molar-refractivity contribution in [2.24, 2.45) is 0 Å². The van der Waals surface area contributed by atoms with E-state index in [9.17, 15) is 14.4 Å². The van der Waals surface area contributed by atoms with Crippen LogP contribution in [0.2, 0.25) is 0 Å². The largest absolute Gasteiger partial charge is 0.480 e. The van der Waals surface area contributed by atoms with Crippen molar-refractivity contribution in [3.05, 3.63) is 0 Å². The third-order valence-corrected chi connectivity index (χ3v) is 3.21. The van der Waals surface area contributed by atoms with Gasteiger partial charge in [0.2, 0.25) is 0 Å². The van der Waals surface area contributed by atoms with Gasteiger partial charge in [0.05, 0.1) is 19.6 Å². The maximum atomic E-state index is 10.9. The van der Waals surface area contributed by atoms with Crippen molar-refractivity contribution in [3.63, 3.8) is 0 Å². The van der Waals surface area contributed by atoms with Gasteiger partial charge in [-0.05, 0) is 0 Å². The second-order valence-electron chi connectivity index (χ2n) is 5.13. The van der Waals surface area contributed by atoms with Crippen LogP contribution in [0.3, 0.4) is 0 Å². The average Bonchev–Trinajstić information content (AvgIpc) is 2.38. The minimum absolute atomic E-state index is 0.157. The van der Waals surface area contributed by atoms with Crippen molar-refractivity contribution in [1.82, 2.24) is 20.0 Å². The van der Waals surface area contributed by atoms with Crippen LogP contribution in [0.15, 0.2) is 0 Å². The first-order valence-electron chi connectivity index (χ1n) is 6.90. The Morgan fingerprint density at radius 3 is 1.36 bits per heavy atom. The van der Waals surface area contributed by atoms with Crippen LogP contribution in [0, 0.1) is 0 Å². The molecule has 0 radical (unpaired) electrons. The lowest BCUT2D eigenvalue weighted by Gasteiger charge is -2.31. The van der Waals surface area contributed by atoms with Crippen LogP contribution < -0.4 is 5.32 Å². The molecule has 0 bridgehead atoms. The predicted molar refractivity (Wildman–Crippen MR) is 75.4 cm³/mol. The molecule has 0 atom stereocenters. The van der Waals surface area contributed by atoms with Crippen LogP contribution >= 0.6 is 0 Å². The maximum Gasteiger partial charge on any atom is 0.317 e. The van der Waals surface area contributed by atoms with Gasteiger partial charge in [0, 0.05) is 39.5 Å². The van der Waals surface area contributed by atoms with Gasteiger partial charge in [-0.15, -0.1) is 0 Å². The van der Waals surface area contributed by atoms with E-state index >= 15 is 0 Å². The second-order valence-corrected chi connectivity index (χ2v) is 5.13. The normalized spacial score (nSPS) is 19.6. The van der Waals surface area contributed by atoms with E-state index in [4.69, 9.17) is 15.3 Å². The van der Waals surface area contributed by atoms with Crippen LogP contribution in [-0.4, -0.2) is 107 Å². The molecule has 1 aliphatic rings. The topological polar surface area (TPSA) is 134 Å². The Kier molecular flexibility index (Phi) is 7.74. The van der Waals surface area contributed by atoms with E-state index in [0.717, 1.165) is 0 Å². The Hall–Kier alpha value is -1.75. The van der Waals surface area contributed by atoms with E-state index in [1.54, 1.807) is 14.7 Å². The number of carboxylic acid groups (broad SMARTS) is 3. The van der Waals surface area contributed by atoms with Gasteiger partial charge < -0.3 is 15.3 Å². The van der Waals surface area contributed by atoms with Crippen molar-refractivity contribution in [2.45, 2.75) is 0 Å². The van der Waals surface area contributed by atoms with Gasteiger partial charge in [-0.3, -0.25) is 34.4 Å². The maximum absolute atomic E-state index is 10.9. The van der Waals surface area contributed by atoms with E-state index in [-0.39, 0.29) is 19.6 Å². The fraction of sp³-hybridized carbons (Fsp3) is 0.750. The van der Waals surface area contributed by atoms with E-state index < -0.39 is 17.9 Å². The summed E-state index contributed by atoms with van der Waals surface area (Å²) in [5, 5.41) is 29.7. The Balaban J connectivity index is 2.67. The zero-order valence-corrected chi connectivity index (χ0v) is 12.3. The summed E-state index contributed by atoms with van der Waals surface area (Å²) in [4.78, 5) is 37.5. The molecule has 10 heteroatoms. The first-order valence-corrected chi connectivity index (χ1v) is 6.90. The molecular weight excluding hydrogens is 296 g/mol. The molecule has 4 N–H and O–H groups in total. The number of hydrogen-bond donors (Lipinski definition) is 4. The molecule has 0 aromatic rings. The molecule has 1 aliphatic heterocycles.